The molecule has 0 aromatic rings. The lowest BCUT2D eigenvalue weighted by molar-refractivity contribution is -0.123. The molecule has 0 spiro atoms. The second-order valence-electron chi connectivity index (χ2n) is 14.5. The number of rotatable bonds is 40. The van der Waals surface area contributed by atoms with E-state index in [1.54, 1.807) is 6.08 Å². The molecule has 0 heterocycles. The summed E-state index contributed by atoms with van der Waals surface area (Å²) in [7, 11) is -4.36. The lowest BCUT2D eigenvalue weighted by atomic mass is 10.1. The first kappa shape index (κ1) is 52.9. The third-order valence-electron chi connectivity index (χ3n) is 9.27. The molecule has 1 amide bonds. The van der Waals surface area contributed by atoms with Gasteiger partial charge in [-0.1, -0.05) is 177 Å². The van der Waals surface area contributed by atoms with Crippen molar-refractivity contribution in [1.29, 1.82) is 0 Å². The predicted octanol–water partition coefficient (Wildman–Crippen LogP) is 12.4. The summed E-state index contributed by atoms with van der Waals surface area (Å²) in [6, 6.07) is -0.888. The summed E-state index contributed by atoms with van der Waals surface area (Å²) in [5, 5.41) is 13.6. The Morgan fingerprint density at radius 2 is 1.07 bits per heavy atom. The van der Waals surface area contributed by atoms with Gasteiger partial charge < -0.3 is 21.1 Å². The Hall–Kier alpha value is -2.06. The number of carbonyl (C=O) groups is 1. The summed E-state index contributed by atoms with van der Waals surface area (Å²) in [5.41, 5.74) is 5.37. The number of aliphatic hydroxyl groups excluding tert-OH is 1. The van der Waals surface area contributed by atoms with Crippen molar-refractivity contribution >= 4 is 13.7 Å². The van der Waals surface area contributed by atoms with Crippen molar-refractivity contribution in [3.8, 4) is 0 Å². The van der Waals surface area contributed by atoms with E-state index in [0.717, 1.165) is 77.0 Å². The van der Waals surface area contributed by atoms with Crippen molar-refractivity contribution < 1.29 is 28.4 Å². The van der Waals surface area contributed by atoms with E-state index >= 15 is 0 Å². The van der Waals surface area contributed by atoms with Crippen LogP contribution in [0.25, 0.3) is 0 Å². The molecule has 0 aromatic carbocycles. The monoisotopic (exact) mass is 791 g/mol. The van der Waals surface area contributed by atoms with Crippen molar-refractivity contribution in [3.05, 3.63) is 72.9 Å². The van der Waals surface area contributed by atoms with Gasteiger partial charge in [-0.05, 0) is 70.6 Å². The van der Waals surface area contributed by atoms with E-state index < -0.39 is 20.0 Å². The molecular formula is C46H83N2O6P. The molecule has 3 atom stereocenters. The lowest BCUT2D eigenvalue weighted by Gasteiger charge is -2.23. The molecule has 55 heavy (non-hydrogen) atoms. The minimum atomic E-state index is -4.36. The van der Waals surface area contributed by atoms with E-state index in [2.05, 4.69) is 79.9 Å². The maximum atomic E-state index is 12.8. The number of allylic oxidation sites excluding steroid dienone is 11. The zero-order valence-electron chi connectivity index (χ0n) is 35.1. The molecule has 0 bridgehead atoms. The van der Waals surface area contributed by atoms with E-state index in [1.165, 1.54) is 83.5 Å². The summed E-state index contributed by atoms with van der Waals surface area (Å²) in [4.78, 5) is 22.7. The van der Waals surface area contributed by atoms with Crippen LogP contribution in [0.4, 0.5) is 0 Å². The minimum Gasteiger partial charge on any atom is -0.387 e. The minimum absolute atomic E-state index is 0.0679. The second-order valence-corrected chi connectivity index (χ2v) is 16.0. The topological polar surface area (TPSA) is 131 Å². The van der Waals surface area contributed by atoms with Crippen LogP contribution in [0.3, 0.4) is 0 Å². The number of amides is 1. The third kappa shape index (κ3) is 40.0. The van der Waals surface area contributed by atoms with E-state index in [1.807, 2.05) is 6.08 Å². The van der Waals surface area contributed by atoms with Gasteiger partial charge in [0.2, 0.25) is 5.91 Å². The van der Waals surface area contributed by atoms with Gasteiger partial charge in [-0.3, -0.25) is 13.8 Å². The number of phosphoric ester groups is 1. The van der Waals surface area contributed by atoms with Crippen molar-refractivity contribution in [2.75, 3.05) is 19.8 Å². The predicted molar refractivity (Wildman–Crippen MR) is 235 cm³/mol. The van der Waals surface area contributed by atoms with Crippen LogP contribution in [0.5, 0.6) is 0 Å². The fourth-order valence-corrected chi connectivity index (χ4v) is 6.72. The summed E-state index contributed by atoms with van der Waals surface area (Å²) in [6.45, 7) is 3.98. The van der Waals surface area contributed by atoms with Crippen LogP contribution in [0.2, 0.25) is 0 Å². The number of unbranched alkanes of at least 4 members (excludes halogenated alkanes) is 18. The number of aliphatic hydroxyl groups is 1. The van der Waals surface area contributed by atoms with E-state index in [-0.39, 0.29) is 25.7 Å². The van der Waals surface area contributed by atoms with E-state index in [9.17, 15) is 19.4 Å². The highest BCUT2D eigenvalue weighted by molar-refractivity contribution is 7.47. The number of phosphoric acid groups is 1. The zero-order chi connectivity index (χ0) is 40.3. The van der Waals surface area contributed by atoms with E-state index in [0.29, 0.717) is 6.42 Å². The fourth-order valence-electron chi connectivity index (χ4n) is 5.96. The summed E-state index contributed by atoms with van der Waals surface area (Å²) >= 11 is 0. The van der Waals surface area contributed by atoms with Gasteiger partial charge in [0.05, 0.1) is 25.4 Å². The Labute approximate surface area is 337 Å². The van der Waals surface area contributed by atoms with Crippen molar-refractivity contribution in [1.82, 2.24) is 5.32 Å². The molecule has 0 saturated carbocycles. The lowest BCUT2D eigenvalue weighted by Crippen LogP contribution is -2.45. The van der Waals surface area contributed by atoms with Crippen LogP contribution in [0.15, 0.2) is 72.9 Å². The molecule has 8 nitrogen and oxygen atoms in total. The molecule has 0 aliphatic heterocycles. The first-order valence-electron chi connectivity index (χ1n) is 22.1. The first-order chi connectivity index (χ1) is 26.9. The van der Waals surface area contributed by atoms with Gasteiger partial charge in [0.25, 0.3) is 0 Å². The molecule has 9 heteroatoms. The third-order valence-corrected chi connectivity index (χ3v) is 10.3. The van der Waals surface area contributed by atoms with Gasteiger partial charge >= 0.3 is 7.82 Å². The summed E-state index contributed by atoms with van der Waals surface area (Å²) < 4.78 is 22.1. The van der Waals surface area contributed by atoms with Crippen molar-refractivity contribution in [2.45, 2.75) is 193 Å². The number of carbonyl (C=O) groups excluding carboxylic acids is 1. The standard InChI is InChI=1S/C46H83N2O6P/c1-3-5-7-9-11-13-15-17-19-21-22-24-26-28-30-32-34-36-38-40-46(50)48-44(43-54-55(51,52)53-42-41-47)45(49)39-37-35-33-31-29-27-25-23-20-18-16-14-12-10-8-6-4-2/h5,7,11,13,17,19,22,24,29,31,37,39,44-45,49H,3-4,6,8-10,12,14-16,18,20-21,23,25-28,30,32-36,38,40-43,47H2,1-2H3,(H,48,50)(H,51,52)/b7-5-,13-11-,19-17-,24-22-,31-29+,39-37+. The molecule has 0 radical (unpaired) electrons. The SMILES string of the molecule is CC/C=C\C/C=C\C/C=C\C/C=C\CCCCCCCCC(=O)NC(COP(=O)(O)OCCN)C(O)/C=C/CC/C=C/CCCCCCCCCCCCC. The smallest absolute Gasteiger partial charge is 0.387 e. The van der Waals surface area contributed by atoms with Crippen LogP contribution in [-0.4, -0.2) is 47.8 Å². The maximum absolute atomic E-state index is 12.8. The number of nitrogens with two attached hydrogens (primary N) is 1. The molecule has 0 aliphatic rings. The van der Waals surface area contributed by atoms with Crippen LogP contribution >= 0.6 is 7.82 Å². The molecular weight excluding hydrogens is 707 g/mol. The molecule has 3 unspecified atom stereocenters. The average molecular weight is 791 g/mol. The van der Waals surface area contributed by atoms with Crippen molar-refractivity contribution in [3.63, 3.8) is 0 Å². The quantitative estimate of drug-likeness (QED) is 0.0276. The molecule has 5 N–H and O–H groups in total. The van der Waals surface area contributed by atoms with Crippen LogP contribution < -0.4 is 11.1 Å². The normalized spacial score (nSPS) is 14.8. The van der Waals surface area contributed by atoms with Crippen LogP contribution in [0.1, 0.15) is 181 Å². The molecule has 0 fully saturated rings. The van der Waals surface area contributed by atoms with Gasteiger partial charge in [0.1, 0.15) is 0 Å². The molecule has 318 valence electrons. The fraction of sp³-hybridized carbons (Fsp3) is 0.717. The van der Waals surface area contributed by atoms with Crippen LogP contribution in [0, 0.1) is 0 Å². The van der Waals surface area contributed by atoms with Gasteiger partial charge in [0.15, 0.2) is 0 Å². The van der Waals surface area contributed by atoms with Crippen LogP contribution in [-0.2, 0) is 18.4 Å². The molecule has 0 aromatic heterocycles. The Morgan fingerprint density at radius 1 is 0.618 bits per heavy atom. The molecule has 0 rings (SSSR count). The molecule has 0 aliphatic carbocycles. The summed E-state index contributed by atoms with van der Waals surface area (Å²) in [5.74, 6) is -0.221. The Balaban J connectivity index is 4.30. The first-order valence-corrected chi connectivity index (χ1v) is 23.6. The highest BCUT2D eigenvalue weighted by Gasteiger charge is 2.26. The second kappa shape index (κ2) is 41.6. The van der Waals surface area contributed by atoms with E-state index in [4.69, 9.17) is 14.8 Å². The largest absolute Gasteiger partial charge is 0.472 e. The average Bonchev–Trinajstić information content (AvgIpc) is 3.17. The van der Waals surface area contributed by atoms with Gasteiger partial charge in [-0.2, -0.15) is 0 Å². The number of nitrogens with one attached hydrogen (secondary N) is 1. The highest BCUT2D eigenvalue weighted by atomic mass is 31.2. The maximum Gasteiger partial charge on any atom is 0.472 e. The Bertz CT molecular complexity index is 1090. The number of hydrogen-bond donors (Lipinski definition) is 4. The zero-order valence-corrected chi connectivity index (χ0v) is 36.0. The van der Waals surface area contributed by atoms with Crippen molar-refractivity contribution in [2.24, 2.45) is 5.73 Å². The highest BCUT2D eigenvalue weighted by Crippen LogP contribution is 2.43. The Morgan fingerprint density at radius 3 is 1.62 bits per heavy atom. The Kier molecular flexibility index (Phi) is 40.0. The molecule has 0 saturated heterocycles. The van der Waals surface area contributed by atoms with Gasteiger partial charge in [0, 0.05) is 13.0 Å². The van der Waals surface area contributed by atoms with Gasteiger partial charge in [-0.25, -0.2) is 4.57 Å². The summed E-state index contributed by atoms with van der Waals surface area (Å²) in [6.07, 6.45) is 53.8. The number of hydrogen-bond acceptors (Lipinski definition) is 6. The van der Waals surface area contributed by atoms with Gasteiger partial charge in [-0.15, -0.1) is 0 Å².